The molecule has 0 N–H and O–H groups in total. The van der Waals surface area contributed by atoms with Crippen LogP contribution in [0.15, 0.2) is 0 Å². The fourth-order valence-electron chi connectivity index (χ4n) is 1.80. The second kappa shape index (κ2) is 8.62. The van der Waals surface area contributed by atoms with Crippen LogP contribution in [-0.2, 0) is 4.79 Å². The minimum absolute atomic E-state index is 0.0199. The monoisotopic (exact) mass is 287 g/mol. The Kier molecular flexibility index (Phi) is 8.40. The fraction of sp³-hybridized carbons (Fsp3) is 0.917. The van der Waals surface area contributed by atoms with E-state index in [2.05, 4.69) is 0 Å². The van der Waals surface area contributed by atoms with Gasteiger partial charge in [0.05, 0.1) is 0 Å². The number of halogens is 4. The number of carbonyl (C=O) groups excluding carboxylic acids is 1. The Bertz CT molecular complexity index is 246. The first-order valence-electron chi connectivity index (χ1n) is 6.27. The van der Waals surface area contributed by atoms with Crippen LogP contribution in [0.25, 0.3) is 0 Å². The summed E-state index contributed by atoms with van der Waals surface area (Å²) in [5, 5.41) is 0. The van der Waals surface area contributed by atoms with Gasteiger partial charge in [-0.05, 0) is 12.8 Å². The molecule has 1 unspecified atom stereocenters. The molecule has 0 rings (SSSR count). The number of rotatable bonds is 8. The van der Waals surface area contributed by atoms with Crippen molar-refractivity contribution in [2.45, 2.75) is 45.7 Å². The van der Waals surface area contributed by atoms with Crippen molar-refractivity contribution in [1.29, 1.82) is 0 Å². The number of unbranched alkanes of at least 4 members (excludes halogenated alkanes) is 1. The lowest BCUT2D eigenvalue weighted by molar-refractivity contribution is -0.163. The molecule has 0 saturated heterocycles. The van der Waals surface area contributed by atoms with Gasteiger partial charge in [-0.25, -0.2) is 0 Å². The molecule has 108 valence electrons. The van der Waals surface area contributed by atoms with Crippen LogP contribution in [0.3, 0.4) is 0 Å². The van der Waals surface area contributed by atoms with Gasteiger partial charge in [-0.1, -0.05) is 26.7 Å². The molecule has 1 amide bonds. The highest BCUT2D eigenvalue weighted by Crippen LogP contribution is 2.21. The second-order valence-corrected chi connectivity index (χ2v) is 4.69. The first kappa shape index (κ1) is 17.6. The summed E-state index contributed by atoms with van der Waals surface area (Å²) in [5.74, 6) is -0.731. The number of hydrogen-bond donors (Lipinski definition) is 0. The van der Waals surface area contributed by atoms with Crippen LogP contribution in [0.4, 0.5) is 13.2 Å². The molecule has 0 fully saturated rings. The van der Waals surface area contributed by atoms with Crippen molar-refractivity contribution in [2.75, 3.05) is 19.0 Å². The number of amides is 1. The second-order valence-electron chi connectivity index (χ2n) is 4.31. The molecule has 6 heteroatoms. The van der Waals surface area contributed by atoms with Crippen molar-refractivity contribution in [2.24, 2.45) is 5.92 Å². The smallest absolute Gasteiger partial charge is 0.332 e. The van der Waals surface area contributed by atoms with Crippen molar-refractivity contribution in [1.82, 2.24) is 4.90 Å². The maximum atomic E-state index is 12.4. The van der Waals surface area contributed by atoms with Crippen molar-refractivity contribution in [3.05, 3.63) is 0 Å². The van der Waals surface area contributed by atoms with E-state index < -0.39 is 18.6 Å². The molecule has 0 aromatic heterocycles. The Labute approximate surface area is 111 Å². The van der Waals surface area contributed by atoms with Crippen molar-refractivity contribution in [3.8, 4) is 0 Å². The lowest BCUT2D eigenvalue weighted by atomic mass is 9.97. The van der Waals surface area contributed by atoms with E-state index in [9.17, 15) is 18.0 Å². The molecule has 18 heavy (non-hydrogen) atoms. The Morgan fingerprint density at radius 3 is 2.33 bits per heavy atom. The summed E-state index contributed by atoms with van der Waals surface area (Å²) in [4.78, 5) is 12.8. The predicted octanol–water partition coefficient (Wildman–Crippen LogP) is 3.83. The highest BCUT2D eigenvalue weighted by atomic mass is 35.5. The molecular weight excluding hydrogens is 267 g/mol. The van der Waals surface area contributed by atoms with E-state index >= 15 is 0 Å². The normalized spacial score (nSPS) is 13.4. The maximum Gasteiger partial charge on any atom is 0.406 e. The number of carbonyl (C=O) groups is 1. The van der Waals surface area contributed by atoms with Crippen LogP contribution in [-0.4, -0.2) is 36.0 Å². The predicted molar refractivity (Wildman–Crippen MR) is 66.7 cm³/mol. The SMILES string of the molecule is CCCCC(CC)C(=O)N(CCCl)CC(F)(F)F. The first-order valence-corrected chi connectivity index (χ1v) is 6.80. The summed E-state index contributed by atoms with van der Waals surface area (Å²) >= 11 is 5.46. The summed E-state index contributed by atoms with van der Waals surface area (Å²) in [6, 6.07) is 0. The lowest BCUT2D eigenvalue weighted by Crippen LogP contribution is -2.43. The molecule has 2 nitrogen and oxygen atoms in total. The third kappa shape index (κ3) is 7.09. The zero-order valence-corrected chi connectivity index (χ0v) is 11.7. The third-order valence-electron chi connectivity index (χ3n) is 2.78. The summed E-state index contributed by atoms with van der Waals surface area (Å²) in [6.07, 6.45) is -1.38. The Morgan fingerprint density at radius 2 is 1.94 bits per heavy atom. The number of nitrogens with zero attached hydrogens (tertiary/aromatic N) is 1. The summed E-state index contributed by atoms with van der Waals surface area (Å²) < 4.78 is 37.1. The summed E-state index contributed by atoms with van der Waals surface area (Å²) in [7, 11) is 0. The van der Waals surface area contributed by atoms with Gasteiger partial charge in [0, 0.05) is 18.3 Å². The minimum Gasteiger partial charge on any atom is -0.332 e. The largest absolute Gasteiger partial charge is 0.406 e. The first-order chi connectivity index (χ1) is 8.35. The Balaban J connectivity index is 4.60. The van der Waals surface area contributed by atoms with E-state index in [-0.39, 0.29) is 18.3 Å². The van der Waals surface area contributed by atoms with Gasteiger partial charge in [-0.2, -0.15) is 13.2 Å². The van der Waals surface area contributed by atoms with Gasteiger partial charge in [-0.3, -0.25) is 4.79 Å². The molecule has 0 radical (unpaired) electrons. The van der Waals surface area contributed by atoms with E-state index in [4.69, 9.17) is 11.6 Å². The molecule has 0 heterocycles. The van der Waals surface area contributed by atoms with Crippen LogP contribution >= 0.6 is 11.6 Å². The molecule has 0 aromatic carbocycles. The quantitative estimate of drug-likeness (QED) is 0.621. The molecule has 0 aromatic rings. The van der Waals surface area contributed by atoms with Gasteiger partial charge in [0.15, 0.2) is 0 Å². The van der Waals surface area contributed by atoms with Gasteiger partial charge >= 0.3 is 6.18 Å². The molecule has 1 atom stereocenters. The van der Waals surface area contributed by atoms with Crippen LogP contribution in [0.2, 0.25) is 0 Å². The van der Waals surface area contributed by atoms with E-state index in [1.165, 1.54) is 0 Å². The van der Waals surface area contributed by atoms with Crippen LogP contribution < -0.4 is 0 Å². The standard InChI is InChI=1S/C12H21ClF3NO/c1-3-5-6-10(4-2)11(18)17(8-7-13)9-12(14,15)16/h10H,3-9H2,1-2H3. The molecule has 0 spiro atoms. The molecule has 0 saturated carbocycles. The number of hydrogen-bond acceptors (Lipinski definition) is 1. The molecule has 0 bridgehead atoms. The highest BCUT2D eigenvalue weighted by molar-refractivity contribution is 6.18. The van der Waals surface area contributed by atoms with Gasteiger partial charge in [-0.15, -0.1) is 11.6 Å². The zero-order valence-electron chi connectivity index (χ0n) is 10.9. The average molecular weight is 288 g/mol. The van der Waals surface area contributed by atoms with Gasteiger partial charge < -0.3 is 4.90 Å². The lowest BCUT2D eigenvalue weighted by Gasteiger charge is -2.27. The molecule has 0 aliphatic heterocycles. The summed E-state index contributed by atoms with van der Waals surface area (Å²) in [5.41, 5.74) is 0. The summed E-state index contributed by atoms with van der Waals surface area (Å²) in [6.45, 7) is 2.55. The van der Waals surface area contributed by atoms with E-state index in [1.807, 2.05) is 13.8 Å². The zero-order chi connectivity index (χ0) is 14.2. The number of alkyl halides is 4. The van der Waals surface area contributed by atoms with Crippen molar-refractivity contribution < 1.29 is 18.0 Å². The van der Waals surface area contributed by atoms with Crippen molar-refractivity contribution in [3.63, 3.8) is 0 Å². The van der Waals surface area contributed by atoms with Crippen LogP contribution in [0.5, 0.6) is 0 Å². The fourth-order valence-corrected chi connectivity index (χ4v) is 2.00. The van der Waals surface area contributed by atoms with Crippen LogP contribution in [0, 0.1) is 5.92 Å². The maximum absolute atomic E-state index is 12.4. The third-order valence-corrected chi connectivity index (χ3v) is 2.95. The molecular formula is C12H21ClF3NO. The Hall–Kier alpha value is -0.450. The van der Waals surface area contributed by atoms with Gasteiger partial charge in [0.25, 0.3) is 0 Å². The topological polar surface area (TPSA) is 20.3 Å². The van der Waals surface area contributed by atoms with Crippen molar-refractivity contribution >= 4 is 17.5 Å². The molecule has 0 aliphatic rings. The van der Waals surface area contributed by atoms with Gasteiger partial charge in [0.2, 0.25) is 5.91 Å². The Morgan fingerprint density at radius 1 is 1.33 bits per heavy atom. The highest BCUT2D eigenvalue weighted by Gasteiger charge is 2.34. The average Bonchev–Trinajstić information content (AvgIpc) is 2.27. The van der Waals surface area contributed by atoms with E-state index in [0.717, 1.165) is 17.7 Å². The van der Waals surface area contributed by atoms with E-state index in [0.29, 0.717) is 12.8 Å². The minimum atomic E-state index is -4.37. The molecule has 0 aliphatic carbocycles. The van der Waals surface area contributed by atoms with Gasteiger partial charge in [0.1, 0.15) is 6.54 Å². The van der Waals surface area contributed by atoms with Crippen LogP contribution in [0.1, 0.15) is 39.5 Å². The van der Waals surface area contributed by atoms with E-state index in [1.54, 1.807) is 0 Å².